The molecule has 2 heterocycles. The SMILES string of the molecule is CC(C)OC(=O)[C@H](C)NP(=O)(OC[C@H]1O[C@@H](n2ccc(NC(=O)CN(C)C)nc2=O)C(F)(F)[C@@H]1O)Oc1ccccc1. The number of alkyl halides is 2. The third-order valence-electron chi connectivity index (χ3n) is 5.62. The number of nitrogens with zero attached hydrogens (tertiary/aromatic N) is 3. The molecule has 5 atom stereocenters. The van der Waals surface area contributed by atoms with E-state index < -0.39 is 68.4 Å². The van der Waals surface area contributed by atoms with E-state index in [-0.39, 0.29) is 18.1 Å². The number of halogens is 2. The lowest BCUT2D eigenvalue weighted by Gasteiger charge is -2.25. The summed E-state index contributed by atoms with van der Waals surface area (Å²) in [6.45, 7) is 3.68. The number of para-hydroxylation sites is 1. The van der Waals surface area contributed by atoms with E-state index in [9.17, 15) is 24.1 Å². The Labute approximate surface area is 240 Å². The molecule has 0 bridgehead atoms. The van der Waals surface area contributed by atoms with Gasteiger partial charge in [-0.05, 0) is 53.1 Å². The lowest BCUT2D eigenvalue weighted by Crippen LogP contribution is -2.42. The van der Waals surface area contributed by atoms with Gasteiger partial charge >= 0.3 is 25.3 Å². The zero-order valence-corrected chi connectivity index (χ0v) is 24.5. The molecule has 0 radical (unpaired) electrons. The maximum absolute atomic E-state index is 15.1. The number of aliphatic hydroxyl groups excluding tert-OH is 1. The van der Waals surface area contributed by atoms with E-state index in [0.717, 1.165) is 12.3 Å². The van der Waals surface area contributed by atoms with Gasteiger partial charge in [0, 0.05) is 6.20 Å². The van der Waals surface area contributed by atoms with Crippen LogP contribution in [0.2, 0.25) is 0 Å². The quantitative estimate of drug-likeness (QED) is 0.220. The zero-order chi connectivity index (χ0) is 31.2. The monoisotopic (exact) mass is 617 g/mol. The van der Waals surface area contributed by atoms with Crippen molar-refractivity contribution in [1.82, 2.24) is 19.5 Å². The molecule has 1 saturated heterocycles. The van der Waals surface area contributed by atoms with Gasteiger partial charge in [-0.2, -0.15) is 18.9 Å². The average molecular weight is 618 g/mol. The number of ether oxygens (including phenoxy) is 2. The number of amides is 1. The van der Waals surface area contributed by atoms with Gasteiger partial charge in [-0.1, -0.05) is 18.2 Å². The molecular weight excluding hydrogens is 583 g/mol. The number of carbonyl (C=O) groups excluding carboxylic acids is 2. The highest BCUT2D eigenvalue weighted by Crippen LogP contribution is 2.48. The largest absolute Gasteiger partial charge is 0.462 e. The Kier molecular flexibility index (Phi) is 10.9. The second-order valence-corrected chi connectivity index (χ2v) is 11.7. The fourth-order valence-electron chi connectivity index (χ4n) is 3.74. The number of aromatic nitrogens is 2. The zero-order valence-electron chi connectivity index (χ0n) is 23.6. The number of rotatable bonds is 13. The van der Waals surface area contributed by atoms with E-state index in [1.165, 1.54) is 19.1 Å². The van der Waals surface area contributed by atoms with Crippen LogP contribution >= 0.6 is 7.75 Å². The number of likely N-dealkylation sites (N-methyl/N-ethyl adjacent to an activating group) is 1. The van der Waals surface area contributed by atoms with Gasteiger partial charge in [0.05, 0.1) is 19.3 Å². The van der Waals surface area contributed by atoms with Gasteiger partial charge in [0.1, 0.15) is 23.7 Å². The Bertz CT molecular complexity index is 1350. The lowest BCUT2D eigenvalue weighted by molar-refractivity contribution is -0.149. The van der Waals surface area contributed by atoms with Gasteiger partial charge in [0.2, 0.25) is 12.1 Å². The van der Waals surface area contributed by atoms with Gasteiger partial charge in [-0.15, -0.1) is 0 Å². The normalized spacial score (nSPS) is 22.0. The number of benzene rings is 1. The van der Waals surface area contributed by atoms with E-state index in [4.69, 9.17) is 18.5 Å². The Morgan fingerprint density at radius 2 is 1.88 bits per heavy atom. The predicted molar refractivity (Wildman–Crippen MR) is 145 cm³/mol. The number of hydrogen-bond donors (Lipinski definition) is 3. The molecule has 17 heteroatoms. The van der Waals surface area contributed by atoms with Crippen LogP contribution in [-0.4, -0.2) is 89.0 Å². The third-order valence-corrected chi connectivity index (χ3v) is 7.27. The molecule has 1 aliphatic heterocycles. The minimum Gasteiger partial charge on any atom is -0.462 e. The minimum absolute atomic E-state index is 0.00711. The molecule has 232 valence electrons. The highest BCUT2D eigenvalue weighted by atomic mass is 31.2. The summed E-state index contributed by atoms with van der Waals surface area (Å²) in [5.74, 6) is -5.37. The molecule has 1 aromatic heterocycles. The summed E-state index contributed by atoms with van der Waals surface area (Å²) in [5.41, 5.74) is -1.19. The maximum Gasteiger partial charge on any atom is 0.459 e. The van der Waals surface area contributed by atoms with Crippen LogP contribution in [-0.2, 0) is 28.2 Å². The van der Waals surface area contributed by atoms with E-state index in [1.807, 2.05) is 0 Å². The summed E-state index contributed by atoms with van der Waals surface area (Å²) in [5, 5.41) is 15.1. The number of aliphatic hydroxyl groups is 1. The molecule has 0 saturated carbocycles. The third kappa shape index (κ3) is 8.63. The first kappa shape index (κ1) is 33.2. The van der Waals surface area contributed by atoms with Crippen LogP contribution < -0.4 is 20.6 Å². The molecule has 1 fully saturated rings. The highest BCUT2D eigenvalue weighted by molar-refractivity contribution is 7.52. The van der Waals surface area contributed by atoms with Crippen molar-refractivity contribution in [3.63, 3.8) is 0 Å². The van der Waals surface area contributed by atoms with Crippen molar-refractivity contribution in [3.05, 3.63) is 53.1 Å². The highest BCUT2D eigenvalue weighted by Gasteiger charge is 2.60. The number of hydrogen-bond acceptors (Lipinski definition) is 11. The standard InChI is InChI=1S/C25H34F2N5O9P/c1-15(2)39-22(35)16(3)30-42(37,41-17-9-7-6-8-10-17)38-14-18-21(34)25(26,27)23(40-18)32-12-11-19(29-24(32)36)28-20(33)13-31(4)5/h6-12,15-16,18,21,23,34H,13-14H2,1-5H3,(H,30,37)(H,28,29,33,36)/t16-,18+,21+,23+,42?/m0/s1. The summed E-state index contributed by atoms with van der Waals surface area (Å²) in [4.78, 5) is 42.0. The molecule has 2 aromatic rings. The fraction of sp³-hybridized carbons (Fsp3) is 0.520. The maximum atomic E-state index is 15.1. The summed E-state index contributed by atoms with van der Waals surface area (Å²) < 4.78 is 65.5. The Morgan fingerprint density at radius 3 is 2.48 bits per heavy atom. The number of carbonyl (C=O) groups is 2. The minimum atomic E-state index is -4.46. The molecule has 0 aliphatic carbocycles. The topological polar surface area (TPSA) is 171 Å². The Hall–Kier alpha value is -3.27. The fourth-order valence-corrected chi connectivity index (χ4v) is 5.24. The molecule has 0 spiro atoms. The van der Waals surface area contributed by atoms with Crippen LogP contribution in [0.1, 0.15) is 27.0 Å². The second kappa shape index (κ2) is 13.8. The van der Waals surface area contributed by atoms with E-state index >= 15 is 8.78 Å². The van der Waals surface area contributed by atoms with Crippen molar-refractivity contribution < 1.29 is 46.6 Å². The molecular formula is C25H34F2N5O9P. The van der Waals surface area contributed by atoms with E-state index in [0.29, 0.717) is 4.57 Å². The molecule has 1 amide bonds. The molecule has 1 aliphatic rings. The summed E-state index contributed by atoms with van der Waals surface area (Å²) in [7, 11) is -1.15. The number of esters is 1. The first-order chi connectivity index (χ1) is 19.6. The number of anilines is 1. The van der Waals surface area contributed by atoms with Crippen molar-refractivity contribution in [2.75, 3.05) is 32.6 Å². The molecule has 3 rings (SSSR count). The van der Waals surface area contributed by atoms with E-state index in [1.54, 1.807) is 51.0 Å². The van der Waals surface area contributed by atoms with Gasteiger partial charge in [-0.3, -0.25) is 18.7 Å². The van der Waals surface area contributed by atoms with Crippen molar-refractivity contribution in [2.24, 2.45) is 0 Å². The summed E-state index contributed by atoms with van der Waals surface area (Å²) in [6, 6.07) is 7.64. The average Bonchev–Trinajstić information content (AvgIpc) is 3.10. The van der Waals surface area contributed by atoms with Gasteiger partial charge in [0.25, 0.3) is 0 Å². The van der Waals surface area contributed by atoms with Gasteiger partial charge in [-0.25, -0.2) is 9.36 Å². The first-order valence-electron chi connectivity index (χ1n) is 12.8. The molecule has 14 nitrogen and oxygen atoms in total. The van der Waals surface area contributed by atoms with Crippen LogP contribution in [0.15, 0.2) is 47.4 Å². The molecule has 1 aromatic carbocycles. The van der Waals surface area contributed by atoms with E-state index in [2.05, 4.69) is 15.4 Å². The van der Waals surface area contributed by atoms with Crippen molar-refractivity contribution in [1.29, 1.82) is 0 Å². The number of nitrogens with one attached hydrogen (secondary N) is 2. The van der Waals surface area contributed by atoms with Crippen molar-refractivity contribution in [2.45, 2.75) is 57.3 Å². The molecule has 42 heavy (non-hydrogen) atoms. The lowest BCUT2D eigenvalue weighted by atomic mass is 10.1. The van der Waals surface area contributed by atoms with Gasteiger partial charge < -0.3 is 29.3 Å². The van der Waals surface area contributed by atoms with Crippen LogP contribution in [0.25, 0.3) is 0 Å². The van der Waals surface area contributed by atoms with Crippen LogP contribution in [0.4, 0.5) is 14.6 Å². The first-order valence-corrected chi connectivity index (χ1v) is 14.4. The summed E-state index contributed by atoms with van der Waals surface area (Å²) >= 11 is 0. The second-order valence-electron chi connectivity index (χ2n) is 9.97. The van der Waals surface area contributed by atoms with Crippen LogP contribution in [0.5, 0.6) is 5.75 Å². The predicted octanol–water partition coefficient (Wildman–Crippen LogP) is 1.77. The van der Waals surface area contributed by atoms with Crippen molar-refractivity contribution >= 4 is 25.4 Å². The van der Waals surface area contributed by atoms with Crippen LogP contribution in [0, 0.1) is 0 Å². The Balaban J connectivity index is 1.77. The Morgan fingerprint density at radius 1 is 1.21 bits per heavy atom. The summed E-state index contributed by atoms with van der Waals surface area (Å²) in [6.07, 6.45) is -6.14. The molecule has 1 unspecified atom stereocenters. The van der Waals surface area contributed by atoms with Crippen LogP contribution in [0.3, 0.4) is 0 Å². The van der Waals surface area contributed by atoms with Gasteiger partial charge in [0.15, 0.2) is 6.10 Å². The van der Waals surface area contributed by atoms with Crippen molar-refractivity contribution in [3.8, 4) is 5.75 Å². The smallest absolute Gasteiger partial charge is 0.459 e. The molecule has 3 N–H and O–H groups in total.